The molecule has 46 heavy (non-hydrogen) atoms. The van der Waals surface area contributed by atoms with Crippen LogP contribution in [0.1, 0.15) is 91.7 Å². The van der Waals surface area contributed by atoms with Crippen molar-refractivity contribution in [1.82, 2.24) is 19.9 Å². The number of nitrogens with zero attached hydrogens (tertiary/aromatic N) is 4. The van der Waals surface area contributed by atoms with Gasteiger partial charge in [0.1, 0.15) is 11.6 Å². The van der Waals surface area contributed by atoms with Crippen LogP contribution in [0.25, 0.3) is 0 Å². The molecule has 0 bridgehead atoms. The Morgan fingerprint density at radius 1 is 0.609 bits per heavy atom. The van der Waals surface area contributed by atoms with Crippen LogP contribution in [0.15, 0.2) is 62.2 Å². The van der Waals surface area contributed by atoms with Crippen molar-refractivity contribution in [1.29, 1.82) is 0 Å². The van der Waals surface area contributed by atoms with Crippen molar-refractivity contribution >= 4 is 16.6 Å². The summed E-state index contributed by atoms with van der Waals surface area (Å²) in [6.45, 7) is 31.1. The Bertz CT molecular complexity index is 1120. The highest BCUT2D eigenvalue weighted by atomic mass is 28.4. The first-order chi connectivity index (χ1) is 21.5. The smallest absolute Gasteiger partial charge is 0.192 e. The fraction of sp³-hybridized carbons (Fsp3) is 0.684. The molecular formula is C38H64N4O2Si2. The summed E-state index contributed by atoms with van der Waals surface area (Å²) in [5, 5.41) is 0.531. The van der Waals surface area contributed by atoms with E-state index in [1.165, 1.54) is 0 Å². The number of aromatic nitrogens is 4. The minimum Gasteiger partial charge on any atom is -0.414 e. The molecule has 8 heteroatoms. The van der Waals surface area contributed by atoms with Crippen molar-refractivity contribution in [2.75, 3.05) is 0 Å². The zero-order valence-corrected chi connectivity index (χ0v) is 32.8. The molecule has 0 spiro atoms. The van der Waals surface area contributed by atoms with Crippen LogP contribution in [0.4, 0.5) is 0 Å². The molecule has 0 aromatic carbocycles. The van der Waals surface area contributed by atoms with Gasteiger partial charge in [-0.3, -0.25) is 0 Å². The maximum Gasteiger partial charge on any atom is 0.192 e. The Morgan fingerprint density at radius 2 is 0.913 bits per heavy atom. The summed E-state index contributed by atoms with van der Waals surface area (Å²) in [4.78, 5) is 17.6. The third kappa shape index (κ3) is 11.0. The fourth-order valence-electron chi connectivity index (χ4n) is 6.54. The highest BCUT2D eigenvalue weighted by Gasteiger charge is 2.44. The van der Waals surface area contributed by atoms with Crippen LogP contribution >= 0.6 is 0 Å². The molecule has 0 aliphatic heterocycles. The average molecular weight is 665 g/mol. The normalized spacial score (nSPS) is 25.5. The highest BCUT2D eigenvalue weighted by molar-refractivity contribution is 6.74. The van der Waals surface area contributed by atoms with Crippen LogP contribution in [-0.4, -0.2) is 48.8 Å². The Balaban J connectivity index is 0.000000250. The number of hydrogen-bond donors (Lipinski definition) is 0. The van der Waals surface area contributed by atoms with Crippen LogP contribution < -0.4 is 0 Å². The molecular weight excluding hydrogens is 601 g/mol. The third-order valence-electron chi connectivity index (χ3n) is 11.2. The first kappa shape index (κ1) is 38.4. The molecule has 0 amide bonds. The van der Waals surface area contributed by atoms with E-state index in [0.717, 1.165) is 63.0 Å². The molecule has 2 aromatic rings. The van der Waals surface area contributed by atoms with Crippen LogP contribution in [0.2, 0.25) is 36.3 Å². The molecule has 0 unspecified atom stereocenters. The Morgan fingerprint density at radius 3 is 1.20 bits per heavy atom. The van der Waals surface area contributed by atoms with Gasteiger partial charge in [0.15, 0.2) is 16.6 Å². The van der Waals surface area contributed by atoms with Gasteiger partial charge in [0.05, 0.1) is 0 Å². The summed E-state index contributed by atoms with van der Waals surface area (Å²) in [5.74, 6) is 4.41. The predicted octanol–water partition coefficient (Wildman–Crippen LogP) is 10.0. The zero-order chi connectivity index (χ0) is 34.2. The second kappa shape index (κ2) is 16.4. The van der Waals surface area contributed by atoms with E-state index >= 15 is 0 Å². The Hall–Kier alpha value is -2.01. The lowest BCUT2D eigenvalue weighted by atomic mass is 9.90. The molecule has 6 atom stereocenters. The van der Waals surface area contributed by atoms with Gasteiger partial charge in [-0.1, -0.05) is 53.7 Å². The van der Waals surface area contributed by atoms with Crippen molar-refractivity contribution < 1.29 is 8.85 Å². The van der Waals surface area contributed by atoms with E-state index in [1.807, 2.05) is 36.9 Å². The van der Waals surface area contributed by atoms with Gasteiger partial charge < -0.3 is 8.85 Å². The highest BCUT2D eigenvalue weighted by Crippen LogP contribution is 2.45. The van der Waals surface area contributed by atoms with E-state index in [2.05, 4.69) is 113 Å². The fourth-order valence-corrected chi connectivity index (χ4v) is 9.30. The molecule has 256 valence electrons. The monoisotopic (exact) mass is 664 g/mol. The summed E-state index contributed by atoms with van der Waals surface area (Å²) in [6, 6.07) is 3.76. The number of hydrogen-bond acceptors (Lipinski definition) is 6. The van der Waals surface area contributed by atoms with E-state index in [0.29, 0.717) is 35.9 Å². The van der Waals surface area contributed by atoms with Crippen LogP contribution in [-0.2, 0) is 21.7 Å². The summed E-state index contributed by atoms with van der Waals surface area (Å²) >= 11 is 0. The molecule has 4 rings (SSSR count). The van der Waals surface area contributed by atoms with E-state index < -0.39 is 16.6 Å². The first-order valence-electron chi connectivity index (χ1n) is 17.5. The van der Waals surface area contributed by atoms with E-state index in [-0.39, 0.29) is 10.1 Å². The van der Waals surface area contributed by atoms with Gasteiger partial charge in [0, 0.05) is 49.8 Å². The minimum atomic E-state index is -1.70. The molecule has 2 aliphatic rings. The lowest BCUT2D eigenvalue weighted by Crippen LogP contribution is -2.43. The quantitative estimate of drug-likeness (QED) is 0.166. The zero-order valence-electron chi connectivity index (χ0n) is 30.8. The Kier molecular flexibility index (Phi) is 13.7. The largest absolute Gasteiger partial charge is 0.414 e. The summed E-state index contributed by atoms with van der Waals surface area (Å²) in [5.41, 5.74) is 0. The molecule has 6 nitrogen and oxygen atoms in total. The van der Waals surface area contributed by atoms with Gasteiger partial charge in [-0.05, 0) is 111 Å². The SMILES string of the molecule is C=CC[C@@H]1C[C@@H](O[Si](C)(C)C(C)(C)C)C[C@H]1Cc1ncccn1.C=CC[C@H]1C[C@H](O[Si](C)(C)C(C)(C)C)C[C@@H]1Cc1ncccn1. The van der Waals surface area contributed by atoms with Gasteiger partial charge in [-0.15, -0.1) is 13.2 Å². The van der Waals surface area contributed by atoms with Gasteiger partial charge in [-0.25, -0.2) is 19.9 Å². The maximum absolute atomic E-state index is 6.67. The lowest BCUT2D eigenvalue weighted by Gasteiger charge is -2.38. The lowest BCUT2D eigenvalue weighted by molar-refractivity contribution is 0.180. The molecule has 0 radical (unpaired) electrons. The van der Waals surface area contributed by atoms with Crippen LogP contribution in [0.3, 0.4) is 0 Å². The molecule has 2 saturated carbocycles. The second-order valence-electron chi connectivity index (χ2n) is 16.8. The van der Waals surface area contributed by atoms with Gasteiger partial charge in [0.2, 0.25) is 0 Å². The summed E-state index contributed by atoms with van der Waals surface area (Å²) in [7, 11) is -3.40. The van der Waals surface area contributed by atoms with Crippen molar-refractivity contribution in [3.05, 3.63) is 73.9 Å². The van der Waals surface area contributed by atoms with E-state index in [1.54, 1.807) is 0 Å². The van der Waals surface area contributed by atoms with Gasteiger partial charge >= 0.3 is 0 Å². The summed E-state index contributed by atoms with van der Waals surface area (Å²) in [6.07, 6.45) is 20.8. The van der Waals surface area contributed by atoms with Crippen LogP contribution in [0, 0.1) is 23.7 Å². The van der Waals surface area contributed by atoms with Crippen molar-refractivity contribution in [3.63, 3.8) is 0 Å². The van der Waals surface area contributed by atoms with Crippen molar-refractivity contribution in [3.8, 4) is 0 Å². The van der Waals surface area contributed by atoms with Gasteiger partial charge in [-0.2, -0.15) is 0 Å². The molecule has 2 aromatic heterocycles. The molecule has 2 fully saturated rings. The van der Waals surface area contributed by atoms with Gasteiger partial charge in [0.25, 0.3) is 0 Å². The van der Waals surface area contributed by atoms with Crippen LogP contribution in [0.5, 0.6) is 0 Å². The standard InChI is InChI=1S/2C19H32N2OSi/c2*1-7-9-15-12-17(22-23(5,6)19(2,3)4)13-16(15)14-18-20-10-8-11-21-18/h2*7-8,10-11,15-17H,1,9,12-14H2,2-6H3/t2*15-,16+,17-/m10/s1. The molecule has 0 N–H and O–H groups in total. The Labute approximate surface area is 283 Å². The van der Waals surface area contributed by atoms with Crippen molar-refractivity contribution in [2.24, 2.45) is 23.7 Å². The topological polar surface area (TPSA) is 70.0 Å². The molecule has 0 saturated heterocycles. The predicted molar refractivity (Wildman–Crippen MR) is 198 cm³/mol. The average Bonchev–Trinajstić information content (AvgIpc) is 3.50. The second-order valence-corrected chi connectivity index (χ2v) is 26.3. The number of rotatable bonds is 12. The summed E-state index contributed by atoms with van der Waals surface area (Å²) < 4.78 is 13.3. The van der Waals surface area contributed by atoms with Crippen molar-refractivity contribution in [2.45, 2.75) is 141 Å². The molecule has 2 aliphatic carbocycles. The minimum absolute atomic E-state index is 0.265. The third-order valence-corrected chi connectivity index (χ3v) is 20.3. The molecule has 2 heterocycles. The van der Waals surface area contributed by atoms with E-state index in [4.69, 9.17) is 8.85 Å². The maximum atomic E-state index is 6.67. The van der Waals surface area contributed by atoms with E-state index in [9.17, 15) is 0 Å². The number of allylic oxidation sites excluding steroid dienone is 2. The first-order valence-corrected chi connectivity index (χ1v) is 23.4.